The van der Waals surface area contributed by atoms with Gasteiger partial charge < -0.3 is 15.0 Å². The van der Waals surface area contributed by atoms with Gasteiger partial charge in [0.2, 0.25) is 0 Å². The molecule has 0 bridgehead atoms. The Morgan fingerprint density at radius 2 is 1.90 bits per heavy atom. The molecule has 116 valence electrons. The second-order valence-corrected chi connectivity index (χ2v) is 6.06. The number of para-hydroxylation sites is 1. The fourth-order valence-electron chi connectivity index (χ4n) is 3.16. The zero-order chi connectivity index (χ0) is 15.3. The topological polar surface area (TPSA) is 41.6 Å². The van der Waals surface area contributed by atoms with Crippen molar-refractivity contribution < 1.29 is 9.53 Å². The lowest BCUT2D eigenvalue weighted by Crippen LogP contribution is -2.53. The lowest BCUT2D eigenvalue weighted by molar-refractivity contribution is 0.0797. The maximum Gasteiger partial charge on any atom is 0.255 e. The SMILES string of the molecule is COc1ccccc1C(=O)NCC1(N(C)C)CCCCC1. The predicted octanol–water partition coefficient (Wildman–Crippen LogP) is 2.69. The van der Waals surface area contributed by atoms with Crippen LogP contribution in [0.1, 0.15) is 42.5 Å². The predicted molar refractivity (Wildman–Crippen MR) is 84.8 cm³/mol. The number of carbonyl (C=O) groups is 1. The van der Waals surface area contributed by atoms with Crippen molar-refractivity contribution in [2.24, 2.45) is 0 Å². The minimum absolute atomic E-state index is 0.0563. The highest BCUT2D eigenvalue weighted by molar-refractivity contribution is 5.96. The van der Waals surface area contributed by atoms with Crippen LogP contribution in [-0.4, -0.2) is 44.1 Å². The van der Waals surface area contributed by atoms with Gasteiger partial charge in [-0.2, -0.15) is 0 Å². The third-order valence-corrected chi connectivity index (χ3v) is 4.66. The molecular formula is C17H26N2O2. The maximum atomic E-state index is 12.4. The summed E-state index contributed by atoms with van der Waals surface area (Å²) in [6.07, 6.45) is 6.07. The summed E-state index contributed by atoms with van der Waals surface area (Å²) in [7, 11) is 5.82. The summed E-state index contributed by atoms with van der Waals surface area (Å²) in [6.45, 7) is 0.691. The van der Waals surface area contributed by atoms with Crippen LogP contribution in [0.5, 0.6) is 5.75 Å². The molecule has 0 spiro atoms. The van der Waals surface area contributed by atoms with Crippen molar-refractivity contribution in [3.63, 3.8) is 0 Å². The van der Waals surface area contributed by atoms with Gasteiger partial charge in [-0.25, -0.2) is 0 Å². The number of ether oxygens (including phenoxy) is 1. The summed E-state index contributed by atoms with van der Waals surface area (Å²) in [6, 6.07) is 7.35. The van der Waals surface area contributed by atoms with E-state index in [9.17, 15) is 4.79 Å². The molecule has 1 fully saturated rings. The molecule has 1 aromatic rings. The number of rotatable bonds is 5. The number of nitrogens with one attached hydrogen (secondary N) is 1. The molecule has 0 unspecified atom stereocenters. The molecule has 1 aliphatic rings. The fraction of sp³-hybridized carbons (Fsp3) is 0.588. The monoisotopic (exact) mass is 290 g/mol. The number of likely N-dealkylation sites (N-methyl/N-ethyl adjacent to an activating group) is 1. The van der Waals surface area contributed by atoms with Crippen molar-refractivity contribution in [2.45, 2.75) is 37.6 Å². The number of carbonyl (C=O) groups excluding carboxylic acids is 1. The van der Waals surface area contributed by atoms with Crippen LogP contribution < -0.4 is 10.1 Å². The van der Waals surface area contributed by atoms with E-state index in [-0.39, 0.29) is 11.4 Å². The molecule has 0 saturated heterocycles. The van der Waals surface area contributed by atoms with Crippen LogP contribution in [0.2, 0.25) is 0 Å². The van der Waals surface area contributed by atoms with Gasteiger partial charge in [-0.1, -0.05) is 31.4 Å². The number of hydrogen-bond donors (Lipinski definition) is 1. The normalized spacial score (nSPS) is 17.5. The number of nitrogens with zero attached hydrogens (tertiary/aromatic N) is 1. The van der Waals surface area contributed by atoms with E-state index < -0.39 is 0 Å². The van der Waals surface area contributed by atoms with E-state index in [0.717, 1.165) is 12.8 Å². The van der Waals surface area contributed by atoms with Crippen molar-refractivity contribution in [3.05, 3.63) is 29.8 Å². The molecule has 0 aliphatic heterocycles. The zero-order valence-corrected chi connectivity index (χ0v) is 13.3. The summed E-state index contributed by atoms with van der Waals surface area (Å²) in [5, 5.41) is 3.10. The highest BCUT2D eigenvalue weighted by Crippen LogP contribution is 2.31. The second kappa shape index (κ2) is 6.94. The van der Waals surface area contributed by atoms with E-state index >= 15 is 0 Å². The smallest absolute Gasteiger partial charge is 0.255 e. The van der Waals surface area contributed by atoms with Crippen LogP contribution in [0.3, 0.4) is 0 Å². The van der Waals surface area contributed by atoms with Gasteiger partial charge in [-0.15, -0.1) is 0 Å². The first kappa shape index (κ1) is 15.8. The first-order valence-electron chi connectivity index (χ1n) is 7.68. The Kier molecular flexibility index (Phi) is 5.23. The van der Waals surface area contributed by atoms with E-state index in [0.29, 0.717) is 17.9 Å². The Labute approximate surface area is 127 Å². The number of methoxy groups -OCH3 is 1. The van der Waals surface area contributed by atoms with Crippen molar-refractivity contribution >= 4 is 5.91 Å². The van der Waals surface area contributed by atoms with E-state index in [1.165, 1.54) is 19.3 Å². The average Bonchev–Trinajstić information content (AvgIpc) is 2.53. The van der Waals surface area contributed by atoms with Crippen LogP contribution in [0.25, 0.3) is 0 Å². The number of hydrogen-bond acceptors (Lipinski definition) is 3. The molecule has 21 heavy (non-hydrogen) atoms. The third-order valence-electron chi connectivity index (χ3n) is 4.66. The molecule has 0 heterocycles. The molecule has 0 atom stereocenters. The first-order chi connectivity index (χ1) is 10.1. The number of benzene rings is 1. The Balaban J connectivity index is 2.05. The minimum atomic E-state index is -0.0563. The first-order valence-corrected chi connectivity index (χ1v) is 7.68. The Morgan fingerprint density at radius 3 is 2.52 bits per heavy atom. The van der Waals surface area contributed by atoms with Crippen LogP contribution in [0.4, 0.5) is 0 Å². The molecule has 1 N–H and O–H groups in total. The molecule has 1 aromatic carbocycles. The zero-order valence-electron chi connectivity index (χ0n) is 13.3. The van der Waals surface area contributed by atoms with E-state index in [4.69, 9.17) is 4.74 Å². The molecule has 1 amide bonds. The van der Waals surface area contributed by atoms with Gasteiger partial charge in [0, 0.05) is 12.1 Å². The molecule has 1 aliphatic carbocycles. The summed E-state index contributed by atoms with van der Waals surface area (Å²) in [5.41, 5.74) is 0.695. The van der Waals surface area contributed by atoms with Crippen molar-refractivity contribution in [1.82, 2.24) is 10.2 Å². The van der Waals surface area contributed by atoms with Gasteiger partial charge in [0.15, 0.2) is 0 Å². The van der Waals surface area contributed by atoms with Crippen LogP contribution in [0.15, 0.2) is 24.3 Å². The van der Waals surface area contributed by atoms with Gasteiger partial charge in [0.25, 0.3) is 5.91 Å². The van der Waals surface area contributed by atoms with Gasteiger partial charge >= 0.3 is 0 Å². The van der Waals surface area contributed by atoms with Gasteiger partial charge in [0.05, 0.1) is 12.7 Å². The Bertz CT molecular complexity index is 479. The van der Waals surface area contributed by atoms with E-state index in [1.54, 1.807) is 13.2 Å². The molecule has 0 aromatic heterocycles. The highest BCUT2D eigenvalue weighted by Gasteiger charge is 2.34. The van der Waals surface area contributed by atoms with Crippen molar-refractivity contribution in [1.29, 1.82) is 0 Å². The highest BCUT2D eigenvalue weighted by atomic mass is 16.5. The second-order valence-electron chi connectivity index (χ2n) is 6.06. The largest absolute Gasteiger partial charge is 0.496 e. The molecule has 4 heteroatoms. The molecule has 4 nitrogen and oxygen atoms in total. The third kappa shape index (κ3) is 3.56. The lowest BCUT2D eigenvalue weighted by atomic mass is 9.80. The van der Waals surface area contributed by atoms with Gasteiger partial charge in [-0.05, 0) is 39.1 Å². The summed E-state index contributed by atoms with van der Waals surface area (Å²) < 4.78 is 5.26. The Hall–Kier alpha value is -1.55. The molecule has 1 saturated carbocycles. The summed E-state index contributed by atoms with van der Waals surface area (Å²) in [4.78, 5) is 14.7. The van der Waals surface area contributed by atoms with E-state index in [2.05, 4.69) is 24.3 Å². The van der Waals surface area contributed by atoms with Crippen LogP contribution >= 0.6 is 0 Å². The van der Waals surface area contributed by atoms with Crippen LogP contribution in [0, 0.1) is 0 Å². The molecule has 2 rings (SSSR count). The quantitative estimate of drug-likeness (QED) is 0.906. The standard InChI is InChI=1S/C17H26N2O2/c1-19(2)17(11-7-4-8-12-17)13-18-16(20)14-9-5-6-10-15(14)21-3/h5-6,9-10H,4,7-8,11-13H2,1-3H3,(H,18,20). The number of amides is 1. The van der Waals surface area contributed by atoms with Gasteiger partial charge in [-0.3, -0.25) is 4.79 Å². The summed E-state index contributed by atoms with van der Waals surface area (Å²) >= 11 is 0. The van der Waals surface area contributed by atoms with Crippen molar-refractivity contribution in [3.8, 4) is 5.75 Å². The fourth-order valence-corrected chi connectivity index (χ4v) is 3.16. The van der Waals surface area contributed by atoms with Crippen molar-refractivity contribution in [2.75, 3.05) is 27.7 Å². The summed E-state index contributed by atoms with van der Waals surface area (Å²) in [5.74, 6) is 0.566. The van der Waals surface area contributed by atoms with Crippen LogP contribution in [-0.2, 0) is 0 Å². The molecular weight excluding hydrogens is 264 g/mol. The molecule has 0 radical (unpaired) electrons. The Morgan fingerprint density at radius 1 is 1.24 bits per heavy atom. The van der Waals surface area contributed by atoms with E-state index in [1.807, 2.05) is 18.2 Å². The van der Waals surface area contributed by atoms with Gasteiger partial charge in [0.1, 0.15) is 5.75 Å². The minimum Gasteiger partial charge on any atom is -0.496 e. The lowest BCUT2D eigenvalue weighted by Gasteiger charge is -2.43. The maximum absolute atomic E-state index is 12.4. The average molecular weight is 290 g/mol.